The lowest BCUT2D eigenvalue weighted by Crippen LogP contribution is -2.36. The molecule has 0 radical (unpaired) electrons. The molecule has 0 saturated carbocycles. The minimum atomic E-state index is -0.608. The molecule has 0 saturated heterocycles. The number of hydrogen-bond donors (Lipinski definition) is 1. The molecule has 1 N–H and O–H groups in total. The number of hydrogen-bond acceptors (Lipinski definition) is 5. The SMILES string of the molecule is CCC(CC)NC(=O)COC(=O)/C=C/c1cc(Cl)c2c(c1)OCO2. The molecule has 24 heavy (non-hydrogen) atoms. The summed E-state index contributed by atoms with van der Waals surface area (Å²) in [6.45, 7) is 3.79. The molecule has 0 aromatic heterocycles. The van der Waals surface area contributed by atoms with E-state index < -0.39 is 5.97 Å². The maximum atomic E-state index is 11.7. The van der Waals surface area contributed by atoms with Gasteiger partial charge in [-0.05, 0) is 36.6 Å². The lowest BCUT2D eigenvalue weighted by molar-refractivity contribution is -0.144. The van der Waals surface area contributed by atoms with Crippen LogP contribution in [-0.2, 0) is 14.3 Å². The van der Waals surface area contributed by atoms with Gasteiger partial charge >= 0.3 is 5.97 Å². The summed E-state index contributed by atoms with van der Waals surface area (Å²) in [6, 6.07) is 3.46. The van der Waals surface area contributed by atoms with Gasteiger partial charge in [0.2, 0.25) is 6.79 Å². The van der Waals surface area contributed by atoms with Crippen molar-refractivity contribution in [1.29, 1.82) is 0 Å². The lowest BCUT2D eigenvalue weighted by atomic mass is 10.2. The third-order valence-corrected chi connectivity index (χ3v) is 3.84. The Bertz CT molecular complexity index is 640. The predicted octanol–water partition coefficient (Wildman–Crippen LogP) is 2.93. The molecule has 1 heterocycles. The van der Waals surface area contributed by atoms with Crippen LogP contribution in [0.4, 0.5) is 0 Å². The summed E-state index contributed by atoms with van der Waals surface area (Å²) in [7, 11) is 0. The van der Waals surface area contributed by atoms with Gasteiger partial charge in [0, 0.05) is 12.1 Å². The van der Waals surface area contributed by atoms with Gasteiger partial charge in [-0.2, -0.15) is 0 Å². The van der Waals surface area contributed by atoms with Crippen LogP contribution in [-0.4, -0.2) is 31.3 Å². The van der Waals surface area contributed by atoms with Gasteiger partial charge in [0.05, 0.1) is 5.02 Å². The topological polar surface area (TPSA) is 73.9 Å². The normalized spacial score (nSPS) is 12.7. The molecule has 0 spiro atoms. The zero-order chi connectivity index (χ0) is 17.5. The van der Waals surface area contributed by atoms with Crippen LogP contribution in [0.2, 0.25) is 5.02 Å². The number of amides is 1. The quantitative estimate of drug-likeness (QED) is 0.602. The molecule has 1 aromatic carbocycles. The molecule has 1 amide bonds. The summed E-state index contributed by atoms with van der Waals surface area (Å²) in [4.78, 5) is 23.3. The summed E-state index contributed by atoms with van der Waals surface area (Å²) in [5, 5.41) is 3.20. The van der Waals surface area contributed by atoms with Crippen molar-refractivity contribution in [2.24, 2.45) is 0 Å². The van der Waals surface area contributed by atoms with Crippen LogP contribution in [0.25, 0.3) is 6.08 Å². The Morgan fingerprint density at radius 1 is 1.33 bits per heavy atom. The first-order valence-corrected chi connectivity index (χ1v) is 8.14. The Morgan fingerprint density at radius 3 is 2.79 bits per heavy atom. The molecule has 0 fully saturated rings. The number of benzene rings is 1. The van der Waals surface area contributed by atoms with Crippen LogP contribution in [0.1, 0.15) is 32.3 Å². The van der Waals surface area contributed by atoms with E-state index in [9.17, 15) is 9.59 Å². The number of carbonyl (C=O) groups is 2. The van der Waals surface area contributed by atoms with E-state index in [0.29, 0.717) is 22.1 Å². The molecule has 0 atom stereocenters. The van der Waals surface area contributed by atoms with Crippen molar-refractivity contribution in [2.45, 2.75) is 32.7 Å². The average molecular weight is 354 g/mol. The average Bonchev–Trinajstić information content (AvgIpc) is 3.05. The van der Waals surface area contributed by atoms with Gasteiger partial charge in [-0.25, -0.2) is 4.79 Å². The largest absolute Gasteiger partial charge is 0.454 e. The monoisotopic (exact) mass is 353 g/mol. The standard InChI is InChI=1S/C17H20ClNO5/c1-3-12(4-2)19-15(20)9-22-16(21)6-5-11-7-13(18)17-14(8-11)23-10-24-17/h5-8,12H,3-4,9-10H2,1-2H3,(H,19,20)/b6-5+. The molecule has 1 aliphatic rings. The summed E-state index contributed by atoms with van der Waals surface area (Å²) in [5.41, 5.74) is 0.669. The van der Waals surface area contributed by atoms with Gasteiger partial charge in [-0.3, -0.25) is 4.79 Å². The fourth-order valence-electron chi connectivity index (χ4n) is 2.19. The van der Waals surface area contributed by atoms with Gasteiger partial charge in [-0.1, -0.05) is 25.4 Å². The van der Waals surface area contributed by atoms with Crippen molar-refractivity contribution in [2.75, 3.05) is 13.4 Å². The van der Waals surface area contributed by atoms with E-state index >= 15 is 0 Å². The second-order valence-corrected chi connectivity index (χ2v) is 5.67. The molecule has 0 bridgehead atoms. The molecule has 2 rings (SSSR count). The van der Waals surface area contributed by atoms with Crippen LogP contribution in [0.15, 0.2) is 18.2 Å². The Labute approximate surface area is 145 Å². The van der Waals surface area contributed by atoms with E-state index in [4.69, 9.17) is 25.8 Å². The highest BCUT2D eigenvalue weighted by Crippen LogP contribution is 2.40. The maximum Gasteiger partial charge on any atom is 0.331 e. The van der Waals surface area contributed by atoms with Gasteiger partial charge < -0.3 is 19.5 Å². The molecule has 130 valence electrons. The second kappa shape index (κ2) is 8.59. The van der Waals surface area contributed by atoms with E-state index in [1.165, 1.54) is 12.2 Å². The summed E-state index contributed by atoms with van der Waals surface area (Å²) in [6.07, 6.45) is 4.44. The van der Waals surface area contributed by atoms with Crippen LogP contribution in [0, 0.1) is 0 Å². The number of nitrogens with one attached hydrogen (secondary N) is 1. The third-order valence-electron chi connectivity index (χ3n) is 3.56. The first-order valence-electron chi connectivity index (χ1n) is 7.76. The minimum absolute atomic E-state index is 0.0996. The molecule has 0 aliphatic carbocycles. The summed E-state index contributed by atoms with van der Waals surface area (Å²) < 4.78 is 15.4. The highest BCUT2D eigenvalue weighted by Gasteiger charge is 2.17. The van der Waals surface area contributed by atoms with Gasteiger partial charge in [0.1, 0.15) is 0 Å². The van der Waals surface area contributed by atoms with Crippen LogP contribution in [0.3, 0.4) is 0 Å². The van der Waals surface area contributed by atoms with Crippen molar-refractivity contribution >= 4 is 29.6 Å². The van der Waals surface area contributed by atoms with Crippen LogP contribution >= 0.6 is 11.6 Å². The highest BCUT2D eigenvalue weighted by molar-refractivity contribution is 6.32. The number of ether oxygens (including phenoxy) is 3. The first-order chi connectivity index (χ1) is 11.5. The second-order valence-electron chi connectivity index (χ2n) is 5.26. The van der Waals surface area contributed by atoms with E-state index in [-0.39, 0.29) is 25.3 Å². The smallest absolute Gasteiger partial charge is 0.331 e. The van der Waals surface area contributed by atoms with Crippen LogP contribution < -0.4 is 14.8 Å². The Hall–Kier alpha value is -2.21. The van der Waals surface area contributed by atoms with Crippen molar-refractivity contribution in [3.05, 3.63) is 28.8 Å². The Balaban J connectivity index is 1.85. The first kappa shape index (κ1) is 18.1. The molecule has 7 heteroatoms. The van der Waals surface area contributed by atoms with E-state index in [1.54, 1.807) is 12.1 Å². The fraction of sp³-hybridized carbons (Fsp3) is 0.412. The predicted molar refractivity (Wildman–Crippen MR) is 90.1 cm³/mol. The Morgan fingerprint density at radius 2 is 2.08 bits per heavy atom. The summed E-state index contributed by atoms with van der Waals surface area (Å²) >= 11 is 6.06. The fourth-order valence-corrected chi connectivity index (χ4v) is 2.47. The molecular weight excluding hydrogens is 334 g/mol. The Kier molecular flexibility index (Phi) is 6.49. The van der Waals surface area contributed by atoms with Crippen molar-refractivity contribution in [1.82, 2.24) is 5.32 Å². The van der Waals surface area contributed by atoms with E-state index in [0.717, 1.165) is 12.8 Å². The number of rotatable bonds is 7. The van der Waals surface area contributed by atoms with E-state index in [2.05, 4.69) is 5.32 Å². The zero-order valence-corrected chi connectivity index (χ0v) is 14.4. The minimum Gasteiger partial charge on any atom is -0.454 e. The highest BCUT2D eigenvalue weighted by atomic mass is 35.5. The molecular formula is C17H20ClNO5. The van der Waals surface area contributed by atoms with E-state index in [1.807, 2.05) is 13.8 Å². The van der Waals surface area contributed by atoms with Gasteiger partial charge in [0.15, 0.2) is 18.1 Å². The van der Waals surface area contributed by atoms with Crippen LogP contribution in [0.5, 0.6) is 11.5 Å². The maximum absolute atomic E-state index is 11.7. The number of halogens is 1. The number of carbonyl (C=O) groups excluding carboxylic acids is 2. The number of fused-ring (bicyclic) bond motifs is 1. The van der Waals surface area contributed by atoms with Crippen molar-refractivity contribution in [3.8, 4) is 11.5 Å². The molecule has 1 aliphatic heterocycles. The molecule has 1 aromatic rings. The lowest BCUT2D eigenvalue weighted by Gasteiger charge is -2.14. The summed E-state index contributed by atoms with van der Waals surface area (Å²) in [5.74, 6) is 0.106. The van der Waals surface area contributed by atoms with Gasteiger partial charge in [-0.15, -0.1) is 0 Å². The third kappa shape index (κ3) is 4.89. The van der Waals surface area contributed by atoms with Crippen molar-refractivity contribution < 1.29 is 23.8 Å². The van der Waals surface area contributed by atoms with Gasteiger partial charge in [0.25, 0.3) is 5.91 Å². The van der Waals surface area contributed by atoms with Crippen molar-refractivity contribution in [3.63, 3.8) is 0 Å². The number of esters is 1. The molecule has 0 unspecified atom stereocenters. The molecule has 6 nitrogen and oxygen atoms in total. The zero-order valence-electron chi connectivity index (χ0n) is 13.6.